The zero-order chi connectivity index (χ0) is 44.7. The van der Waals surface area contributed by atoms with Crippen LogP contribution in [-0.4, -0.2) is 44.9 Å². The summed E-state index contributed by atoms with van der Waals surface area (Å²) in [5.74, 6) is 1.48. The quantitative estimate of drug-likeness (QED) is 0.156. The fourth-order valence-corrected chi connectivity index (χ4v) is 10.1. The van der Waals surface area contributed by atoms with Gasteiger partial charge in [0.25, 0.3) is 0 Å². The van der Waals surface area contributed by atoms with Gasteiger partial charge in [-0.2, -0.15) is 0 Å². The Hall–Kier alpha value is -9.47. The summed E-state index contributed by atoms with van der Waals surface area (Å²) in [5, 5.41) is 9.97. The van der Waals surface area contributed by atoms with Crippen molar-refractivity contribution in [1.82, 2.24) is 44.9 Å². The third-order valence-electron chi connectivity index (χ3n) is 13.0. The predicted octanol–water partition coefficient (Wildman–Crippen LogP) is 13.8. The van der Waals surface area contributed by atoms with Crippen LogP contribution in [-0.2, 0) is 0 Å². The summed E-state index contributed by atoms with van der Waals surface area (Å²) in [7, 11) is 0. The molecule has 0 aliphatic carbocycles. The largest absolute Gasteiger partial charge is 0.256 e. The number of hydrogen-bond acceptors (Lipinski definition) is 9. The van der Waals surface area contributed by atoms with Gasteiger partial charge in [0.2, 0.25) is 0 Å². The maximum absolute atomic E-state index is 5.54. The first kappa shape index (κ1) is 37.9. The third-order valence-corrected chi connectivity index (χ3v) is 13.0. The van der Waals surface area contributed by atoms with Crippen LogP contribution in [0, 0.1) is 0 Å². The van der Waals surface area contributed by atoms with Gasteiger partial charge in [-0.25, -0.2) is 15.0 Å². The van der Waals surface area contributed by atoms with Crippen molar-refractivity contribution in [3.8, 4) is 56.4 Å². The first-order valence-corrected chi connectivity index (χ1v) is 22.4. The van der Waals surface area contributed by atoms with Crippen LogP contribution in [0.25, 0.3) is 143 Å². The summed E-state index contributed by atoms with van der Waals surface area (Å²) in [6, 6.07) is 56.3. The highest BCUT2D eigenvalue weighted by Crippen LogP contribution is 2.44. The summed E-state index contributed by atoms with van der Waals surface area (Å²) in [5.41, 5.74) is 11.2. The summed E-state index contributed by atoms with van der Waals surface area (Å²) in [6.07, 6.45) is 11.0. The smallest absolute Gasteiger partial charge is 0.166 e. The fraction of sp³-hybridized carbons (Fsp3) is 0. The maximum atomic E-state index is 5.54. The maximum Gasteiger partial charge on any atom is 0.166 e. The molecule has 0 N–H and O–H groups in total. The van der Waals surface area contributed by atoms with E-state index in [-0.39, 0.29) is 0 Å². The molecule has 7 heterocycles. The van der Waals surface area contributed by atoms with Gasteiger partial charge in [-0.3, -0.25) is 29.9 Å². The molecule has 0 aliphatic rings. The average Bonchev–Trinajstić information content (AvgIpc) is 3.40. The molecule has 0 bridgehead atoms. The lowest BCUT2D eigenvalue weighted by Crippen LogP contribution is -2.03. The highest BCUT2D eigenvalue weighted by Gasteiger charge is 2.24. The zero-order valence-electron chi connectivity index (χ0n) is 36.1. The first-order valence-electron chi connectivity index (χ1n) is 22.4. The number of rotatable bonds is 5. The minimum Gasteiger partial charge on any atom is -0.256 e. The Morgan fingerprint density at radius 2 is 0.574 bits per heavy atom. The van der Waals surface area contributed by atoms with Gasteiger partial charge in [-0.05, 0) is 112 Å². The molecule has 9 nitrogen and oxygen atoms in total. The predicted molar refractivity (Wildman–Crippen MR) is 274 cm³/mol. The molecule has 14 aromatic rings. The average molecular weight is 868 g/mol. The lowest BCUT2D eigenvalue weighted by molar-refractivity contribution is 1.08. The number of pyridine rings is 6. The van der Waals surface area contributed by atoms with Gasteiger partial charge in [0.05, 0.1) is 44.2 Å². The molecule has 0 spiro atoms. The molecule has 68 heavy (non-hydrogen) atoms. The topological polar surface area (TPSA) is 116 Å². The summed E-state index contributed by atoms with van der Waals surface area (Å²) in [4.78, 5) is 46.3. The highest BCUT2D eigenvalue weighted by atomic mass is 15.0. The molecular weight excluding hydrogens is 835 g/mol. The van der Waals surface area contributed by atoms with E-state index < -0.39 is 0 Å². The molecule has 0 aliphatic heterocycles. The first-order chi connectivity index (χ1) is 33.7. The molecule has 0 saturated heterocycles. The monoisotopic (exact) mass is 867 g/mol. The van der Waals surface area contributed by atoms with Crippen LogP contribution in [0.5, 0.6) is 0 Å². The molecule has 7 aromatic heterocycles. The second-order valence-electron chi connectivity index (χ2n) is 17.0. The Kier molecular flexibility index (Phi) is 8.38. The normalized spacial score (nSPS) is 11.8. The van der Waals surface area contributed by atoms with E-state index in [0.717, 1.165) is 126 Å². The number of benzene rings is 7. The molecule has 0 radical (unpaired) electrons. The standard InChI is InChI=1S/C59H33N9/c1-3-17-43-34(11-1)27-36-13-5-25-64-55(36)51(43)58-66-57(67-59(68-58)52-44-18-4-2-12-35(44)28-37-14-6-26-65-56(37)52)42-30-40(49-45-19-9-21-60-47(45)32-38-15-7-23-62-53(38)49)29-41(31-42)50-46-20-10-22-61-48(46)33-39-16-8-24-63-54(39)50/h1-33H. The zero-order valence-corrected chi connectivity index (χ0v) is 36.1. The van der Waals surface area contributed by atoms with Gasteiger partial charge in [0.1, 0.15) is 0 Å². The summed E-state index contributed by atoms with van der Waals surface area (Å²) in [6.45, 7) is 0. The van der Waals surface area contributed by atoms with Crippen molar-refractivity contribution in [1.29, 1.82) is 0 Å². The molecular formula is C59H33N9. The van der Waals surface area contributed by atoms with Crippen molar-refractivity contribution in [3.05, 3.63) is 201 Å². The van der Waals surface area contributed by atoms with Crippen LogP contribution < -0.4 is 0 Å². The Bertz CT molecular complexity index is 3640. The molecule has 314 valence electrons. The van der Waals surface area contributed by atoms with Crippen LogP contribution >= 0.6 is 0 Å². The molecule has 0 fully saturated rings. The van der Waals surface area contributed by atoms with Crippen molar-refractivity contribution in [3.63, 3.8) is 0 Å². The molecule has 0 atom stereocenters. The molecule has 14 rings (SSSR count). The van der Waals surface area contributed by atoms with Crippen LogP contribution in [0.4, 0.5) is 0 Å². The van der Waals surface area contributed by atoms with E-state index in [1.807, 2.05) is 73.6 Å². The summed E-state index contributed by atoms with van der Waals surface area (Å²) < 4.78 is 0. The molecule has 9 heteroatoms. The van der Waals surface area contributed by atoms with Crippen LogP contribution in [0.15, 0.2) is 201 Å². The van der Waals surface area contributed by atoms with E-state index in [1.165, 1.54) is 0 Å². The SMILES string of the molecule is c1ccc2c(-c3nc(-c4cc(-c5c6cccnc6cc6cccnc56)cc(-c5c6cccnc6cc6cccnc56)c4)nc(-c4c5ccccc5cc5cccnc45)n3)c3ncccc3cc2c1. The third kappa shape index (κ3) is 5.99. The van der Waals surface area contributed by atoms with Crippen molar-refractivity contribution in [2.24, 2.45) is 0 Å². The van der Waals surface area contributed by atoms with Crippen LogP contribution in [0.2, 0.25) is 0 Å². The van der Waals surface area contributed by atoms with Gasteiger partial charge in [0.15, 0.2) is 17.5 Å². The van der Waals surface area contributed by atoms with E-state index in [4.69, 9.17) is 44.9 Å². The lowest BCUT2D eigenvalue weighted by atomic mass is 9.90. The van der Waals surface area contributed by atoms with Crippen LogP contribution in [0.1, 0.15) is 0 Å². The van der Waals surface area contributed by atoms with E-state index in [0.29, 0.717) is 17.5 Å². The van der Waals surface area contributed by atoms with Gasteiger partial charge < -0.3 is 0 Å². The Morgan fingerprint density at radius 1 is 0.235 bits per heavy atom. The van der Waals surface area contributed by atoms with Crippen molar-refractivity contribution < 1.29 is 0 Å². The van der Waals surface area contributed by atoms with E-state index in [2.05, 4.69) is 127 Å². The van der Waals surface area contributed by atoms with Crippen LogP contribution in [0.3, 0.4) is 0 Å². The second kappa shape index (κ2) is 15.0. The van der Waals surface area contributed by atoms with E-state index >= 15 is 0 Å². The Balaban J connectivity index is 1.15. The second-order valence-corrected chi connectivity index (χ2v) is 17.0. The number of fused-ring (bicyclic) bond motifs is 8. The van der Waals surface area contributed by atoms with E-state index in [1.54, 1.807) is 0 Å². The van der Waals surface area contributed by atoms with E-state index in [9.17, 15) is 0 Å². The fourth-order valence-electron chi connectivity index (χ4n) is 10.1. The van der Waals surface area contributed by atoms with Gasteiger partial charge >= 0.3 is 0 Å². The van der Waals surface area contributed by atoms with Crippen molar-refractivity contribution >= 4 is 87.0 Å². The minimum absolute atomic E-state index is 0.480. The lowest BCUT2D eigenvalue weighted by Gasteiger charge is -2.17. The van der Waals surface area contributed by atoms with Gasteiger partial charge in [-0.15, -0.1) is 0 Å². The number of nitrogens with zero attached hydrogens (tertiary/aromatic N) is 9. The minimum atomic E-state index is 0.480. The molecule has 0 saturated carbocycles. The Labute approximate surface area is 387 Å². The number of hydrogen-bond donors (Lipinski definition) is 0. The van der Waals surface area contributed by atoms with Crippen molar-refractivity contribution in [2.75, 3.05) is 0 Å². The van der Waals surface area contributed by atoms with Gasteiger partial charge in [-0.1, -0.05) is 84.9 Å². The highest BCUT2D eigenvalue weighted by molar-refractivity contribution is 6.15. The summed E-state index contributed by atoms with van der Waals surface area (Å²) >= 11 is 0. The van der Waals surface area contributed by atoms with Crippen molar-refractivity contribution in [2.45, 2.75) is 0 Å². The number of aromatic nitrogens is 9. The molecule has 7 aromatic carbocycles. The molecule has 0 amide bonds. The van der Waals surface area contributed by atoms with Gasteiger partial charge in [0, 0.05) is 86.2 Å². The molecule has 0 unspecified atom stereocenters. The Morgan fingerprint density at radius 3 is 1.04 bits per heavy atom.